The lowest BCUT2D eigenvalue weighted by Gasteiger charge is -2.42. The highest BCUT2D eigenvalue weighted by Crippen LogP contribution is 2.38. The molecule has 0 radical (unpaired) electrons. The molecule has 2 rings (SSSR count). The topological polar surface area (TPSA) is 136 Å². The zero-order chi connectivity index (χ0) is 33.9. The lowest BCUT2D eigenvalue weighted by molar-refractivity contribution is -0.166. The van der Waals surface area contributed by atoms with Crippen LogP contribution in [0.15, 0.2) is 41.3 Å². The number of benzene rings is 2. The molecule has 0 aliphatic heterocycles. The second-order valence-electron chi connectivity index (χ2n) is 14.6. The van der Waals surface area contributed by atoms with E-state index in [-0.39, 0.29) is 47.0 Å². The third kappa shape index (κ3) is 9.92. The number of carbonyl (C=O) groups is 3. The van der Waals surface area contributed by atoms with E-state index < -0.39 is 50.1 Å². The maximum Gasteiger partial charge on any atom is 0.297 e. The fraction of sp³-hybridized carbons (Fsp3) is 0.618. The van der Waals surface area contributed by atoms with Crippen LogP contribution in [-0.4, -0.2) is 54.4 Å². The van der Waals surface area contributed by atoms with Gasteiger partial charge in [-0.1, -0.05) is 65.0 Å². The minimum absolute atomic E-state index is 0.0254. The van der Waals surface area contributed by atoms with E-state index in [0.717, 1.165) is 0 Å². The fourth-order valence-electron chi connectivity index (χ4n) is 4.98. The average Bonchev–Trinajstić information content (AvgIpc) is 2.85. The number of rotatable bonds is 14. The van der Waals surface area contributed by atoms with Gasteiger partial charge in [0, 0.05) is 30.2 Å². The first kappa shape index (κ1) is 37.5. The molecule has 0 fully saturated rings. The quantitative estimate of drug-likeness (QED) is 0.212. The van der Waals surface area contributed by atoms with Crippen LogP contribution in [0, 0.1) is 16.7 Å². The number of hydrogen-bond acceptors (Lipinski definition) is 7. The van der Waals surface area contributed by atoms with Crippen LogP contribution >= 0.6 is 0 Å². The van der Waals surface area contributed by atoms with Crippen molar-refractivity contribution < 1.29 is 36.8 Å². The first-order valence-electron chi connectivity index (χ1n) is 15.1. The Hall–Kier alpha value is -2.66. The number of Topliss-reactive ketones (excluding diaryl/α,β-unsaturated/α-hetero) is 2. The lowest BCUT2D eigenvalue weighted by Crippen LogP contribution is -2.51. The van der Waals surface area contributed by atoms with E-state index in [0.29, 0.717) is 11.8 Å². The second kappa shape index (κ2) is 13.8. The van der Waals surface area contributed by atoms with E-state index in [2.05, 4.69) is 5.32 Å². The molecule has 0 aliphatic carbocycles. The number of ketones is 2. The highest BCUT2D eigenvalue weighted by atomic mass is 32.2. The molecule has 0 aliphatic rings. The maximum atomic E-state index is 13.4. The van der Waals surface area contributed by atoms with Gasteiger partial charge in [0.1, 0.15) is 16.8 Å². The molecule has 2 atom stereocenters. The smallest absolute Gasteiger partial charge is 0.297 e. The van der Waals surface area contributed by atoms with Crippen molar-refractivity contribution in [1.29, 1.82) is 0 Å². The van der Waals surface area contributed by atoms with Crippen LogP contribution in [0.5, 0.6) is 0 Å². The molecule has 246 valence electrons. The highest BCUT2D eigenvalue weighted by Gasteiger charge is 2.46. The molecule has 0 heterocycles. The Morgan fingerprint density at radius 2 is 1.48 bits per heavy atom. The lowest BCUT2D eigenvalue weighted by atomic mass is 9.72. The van der Waals surface area contributed by atoms with Gasteiger partial charge in [-0.25, -0.2) is 0 Å². The number of ether oxygens (including phenoxy) is 2. The Morgan fingerprint density at radius 1 is 0.886 bits per heavy atom. The van der Waals surface area contributed by atoms with Gasteiger partial charge < -0.3 is 14.8 Å². The van der Waals surface area contributed by atoms with Crippen molar-refractivity contribution in [2.45, 2.75) is 118 Å². The Labute approximate surface area is 263 Å². The van der Waals surface area contributed by atoms with Gasteiger partial charge in [-0.3, -0.25) is 18.9 Å². The molecular weight excluding hydrogens is 582 g/mol. The summed E-state index contributed by atoms with van der Waals surface area (Å²) < 4.78 is 46.8. The van der Waals surface area contributed by atoms with Gasteiger partial charge in [-0.2, -0.15) is 8.42 Å². The van der Waals surface area contributed by atoms with Crippen molar-refractivity contribution in [2.75, 3.05) is 11.9 Å². The number of anilines is 1. The van der Waals surface area contributed by atoms with E-state index >= 15 is 0 Å². The summed E-state index contributed by atoms with van der Waals surface area (Å²) in [5, 5.41) is 3.51. The molecule has 0 aromatic heterocycles. The zero-order valence-electron chi connectivity index (χ0n) is 28.2. The summed E-state index contributed by atoms with van der Waals surface area (Å²) in [6.07, 6.45) is -0.263. The second-order valence-corrected chi connectivity index (χ2v) is 16.0. The van der Waals surface area contributed by atoms with Crippen molar-refractivity contribution in [3.05, 3.63) is 36.4 Å². The normalized spacial score (nSPS) is 14.7. The molecule has 1 amide bonds. The number of amides is 1. The molecule has 2 unspecified atom stereocenters. The van der Waals surface area contributed by atoms with Crippen molar-refractivity contribution >= 4 is 44.1 Å². The van der Waals surface area contributed by atoms with Gasteiger partial charge in [0.15, 0.2) is 5.78 Å². The molecule has 2 N–H and O–H groups in total. The summed E-state index contributed by atoms with van der Waals surface area (Å²) in [6, 6.07) is 9.75. The molecule has 0 saturated heterocycles. The van der Waals surface area contributed by atoms with Crippen LogP contribution in [0.25, 0.3) is 10.8 Å². The number of fused-ring (bicyclic) bond motifs is 1. The third-order valence-electron chi connectivity index (χ3n) is 8.21. The standard InChI is InChI=1S/C34H51NO8S/c1-22(43-32(5,6)7)30(38)33(8,9)34(10,11)42-19-18-23(20-27(36)31(2,3)4)21-28(37)35-26-17-16-24-14-12-13-15-25(24)29(26)44(39,40)41/h12-17,22-23H,18-21H2,1-11H3,(H,35,37)(H,39,40,41). The van der Waals surface area contributed by atoms with Crippen LogP contribution in [0.2, 0.25) is 0 Å². The van der Waals surface area contributed by atoms with Crippen LogP contribution in [0.4, 0.5) is 5.69 Å². The molecule has 0 spiro atoms. The SMILES string of the molecule is CC(OC(C)(C)C)C(=O)C(C)(C)C(C)(C)OCCC(CC(=O)Nc1ccc2ccccc2c1S(=O)(=O)O)CC(=O)C(C)(C)C. The van der Waals surface area contributed by atoms with Crippen molar-refractivity contribution in [2.24, 2.45) is 16.7 Å². The van der Waals surface area contributed by atoms with Gasteiger partial charge in [0.05, 0.1) is 22.3 Å². The summed E-state index contributed by atoms with van der Waals surface area (Å²) >= 11 is 0. The summed E-state index contributed by atoms with van der Waals surface area (Å²) in [4.78, 5) is 39.3. The van der Waals surface area contributed by atoms with Gasteiger partial charge >= 0.3 is 0 Å². The van der Waals surface area contributed by atoms with Crippen LogP contribution in [0.3, 0.4) is 0 Å². The Kier molecular flexibility index (Phi) is 11.7. The summed E-state index contributed by atoms with van der Waals surface area (Å²) in [5.74, 6) is -1.04. The Morgan fingerprint density at radius 3 is 2.02 bits per heavy atom. The summed E-state index contributed by atoms with van der Waals surface area (Å²) in [7, 11) is -4.67. The van der Waals surface area contributed by atoms with E-state index in [1.54, 1.807) is 37.3 Å². The van der Waals surface area contributed by atoms with E-state index in [1.807, 2.05) is 69.2 Å². The first-order chi connectivity index (χ1) is 19.9. The minimum atomic E-state index is -4.67. The molecular formula is C34H51NO8S. The number of nitrogens with one attached hydrogen (secondary N) is 1. The average molecular weight is 634 g/mol. The van der Waals surface area contributed by atoms with Gasteiger partial charge in [-0.15, -0.1) is 0 Å². The third-order valence-corrected chi connectivity index (χ3v) is 9.16. The largest absolute Gasteiger partial charge is 0.375 e. The predicted molar refractivity (Wildman–Crippen MR) is 173 cm³/mol. The van der Waals surface area contributed by atoms with E-state index in [9.17, 15) is 27.4 Å². The first-order valence-corrected chi connectivity index (χ1v) is 16.5. The predicted octanol–water partition coefficient (Wildman–Crippen LogP) is 7.02. The van der Waals surface area contributed by atoms with Crippen molar-refractivity contribution in [3.63, 3.8) is 0 Å². The fourth-order valence-corrected chi connectivity index (χ4v) is 5.84. The van der Waals surface area contributed by atoms with E-state index in [1.165, 1.54) is 6.07 Å². The molecule has 10 heteroatoms. The molecule has 2 aromatic carbocycles. The highest BCUT2D eigenvalue weighted by molar-refractivity contribution is 7.86. The van der Waals surface area contributed by atoms with Gasteiger partial charge in [-0.05, 0) is 65.3 Å². The molecule has 9 nitrogen and oxygen atoms in total. The van der Waals surface area contributed by atoms with E-state index in [4.69, 9.17) is 9.47 Å². The minimum Gasteiger partial charge on any atom is -0.375 e. The Balaban J connectivity index is 2.24. The monoisotopic (exact) mass is 633 g/mol. The van der Waals surface area contributed by atoms with Crippen LogP contribution < -0.4 is 5.32 Å². The maximum absolute atomic E-state index is 13.4. The molecule has 0 saturated carbocycles. The summed E-state index contributed by atoms with van der Waals surface area (Å²) in [5.41, 5.74) is -2.95. The molecule has 2 aromatic rings. The number of carbonyl (C=O) groups excluding carboxylic acids is 3. The van der Waals surface area contributed by atoms with Crippen molar-refractivity contribution in [3.8, 4) is 0 Å². The number of hydrogen-bond donors (Lipinski definition) is 2. The van der Waals surface area contributed by atoms with Crippen LogP contribution in [-0.2, 0) is 34.0 Å². The van der Waals surface area contributed by atoms with Gasteiger partial charge in [0.25, 0.3) is 10.1 Å². The summed E-state index contributed by atoms with van der Waals surface area (Å²) in [6.45, 7) is 20.4. The van der Waals surface area contributed by atoms with Gasteiger partial charge in [0.2, 0.25) is 5.91 Å². The van der Waals surface area contributed by atoms with Crippen LogP contribution in [0.1, 0.15) is 95.4 Å². The molecule has 44 heavy (non-hydrogen) atoms. The molecule has 0 bridgehead atoms. The Bertz CT molecular complexity index is 1460. The van der Waals surface area contributed by atoms with Crippen molar-refractivity contribution in [1.82, 2.24) is 0 Å². The zero-order valence-corrected chi connectivity index (χ0v) is 29.0.